The second-order valence-corrected chi connectivity index (χ2v) is 6.39. The Balaban J connectivity index is 1.56. The van der Waals surface area contributed by atoms with Crippen molar-refractivity contribution in [1.29, 1.82) is 0 Å². The van der Waals surface area contributed by atoms with E-state index in [1.807, 2.05) is 6.07 Å². The largest absolute Gasteiger partial charge is 0.481 e. The Bertz CT molecular complexity index is 1200. The van der Waals surface area contributed by atoms with Crippen LogP contribution in [-0.2, 0) is 4.79 Å². The number of anilines is 2. The number of rotatable bonds is 6. The molecule has 0 saturated heterocycles. The molecule has 2 amide bonds. The fourth-order valence-corrected chi connectivity index (χ4v) is 2.92. The summed E-state index contributed by atoms with van der Waals surface area (Å²) >= 11 is 0. The van der Waals surface area contributed by atoms with Gasteiger partial charge in [0.15, 0.2) is 18.2 Å². The van der Waals surface area contributed by atoms with E-state index >= 15 is 0 Å². The minimum atomic E-state index is -0.568. The fraction of sp³-hybridized carbons (Fsp3) is 0.0435. The third-order valence-electron chi connectivity index (χ3n) is 4.29. The van der Waals surface area contributed by atoms with Crippen LogP contribution in [-0.4, -0.2) is 18.4 Å². The van der Waals surface area contributed by atoms with Crippen molar-refractivity contribution in [3.63, 3.8) is 0 Å². The highest BCUT2D eigenvalue weighted by Crippen LogP contribution is 2.31. The van der Waals surface area contributed by atoms with E-state index in [4.69, 9.17) is 9.15 Å². The highest BCUT2D eigenvalue weighted by Gasteiger charge is 2.22. The molecule has 150 valence electrons. The highest BCUT2D eigenvalue weighted by molar-refractivity contribution is 6.14. The molecule has 1 aromatic heterocycles. The third-order valence-corrected chi connectivity index (χ3v) is 4.29. The molecule has 3 aromatic carbocycles. The summed E-state index contributed by atoms with van der Waals surface area (Å²) in [5.74, 6) is -1.71. The maximum atomic E-state index is 13.7. The van der Waals surface area contributed by atoms with Crippen LogP contribution in [0.1, 0.15) is 10.6 Å². The topological polar surface area (TPSA) is 80.6 Å². The van der Waals surface area contributed by atoms with E-state index in [1.54, 1.807) is 54.6 Å². The number of halogens is 1. The first kappa shape index (κ1) is 19.2. The molecule has 0 aliphatic rings. The first-order valence-electron chi connectivity index (χ1n) is 9.17. The second kappa shape index (κ2) is 8.48. The van der Waals surface area contributed by atoms with Gasteiger partial charge < -0.3 is 19.8 Å². The minimum Gasteiger partial charge on any atom is -0.481 e. The van der Waals surface area contributed by atoms with E-state index in [0.29, 0.717) is 16.7 Å². The average Bonchev–Trinajstić information content (AvgIpc) is 3.12. The number of carbonyl (C=O) groups is 2. The van der Waals surface area contributed by atoms with E-state index < -0.39 is 24.2 Å². The Morgan fingerprint density at radius 2 is 1.57 bits per heavy atom. The molecule has 0 aliphatic heterocycles. The lowest BCUT2D eigenvalue weighted by Gasteiger charge is -2.09. The first-order chi connectivity index (χ1) is 14.6. The summed E-state index contributed by atoms with van der Waals surface area (Å²) in [6.45, 7) is -0.430. The molecule has 4 rings (SSSR count). The maximum absolute atomic E-state index is 13.7. The van der Waals surface area contributed by atoms with Crippen molar-refractivity contribution < 1.29 is 23.1 Å². The Kier molecular flexibility index (Phi) is 5.43. The Morgan fingerprint density at radius 1 is 0.867 bits per heavy atom. The average molecular weight is 404 g/mol. The molecule has 0 atom stereocenters. The molecule has 30 heavy (non-hydrogen) atoms. The van der Waals surface area contributed by atoms with Crippen molar-refractivity contribution in [1.82, 2.24) is 0 Å². The van der Waals surface area contributed by atoms with Gasteiger partial charge in [-0.3, -0.25) is 9.59 Å². The molecule has 6 nitrogen and oxygen atoms in total. The van der Waals surface area contributed by atoms with Crippen molar-refractivity contribution in [2.75, 3.05) is 17.2 Å². The van der Waals surface area contributed by atoms with Crippen LogP contribution in [0.4, 0.5) is 15.8 Å². The number of hydrogen-bond donors (Lipinski definition) is 2. The number of benzene rings is 3. The molecule has 0 fully saturated rings. The van der Waals surface area contributed by atoms with Gasteiger partial charge in [-0.1, -0.05) is 42.5 Å². The summed E-state index contributed by atoms with van der Waals surface area (Å²) in [7, 11) is 0. The monoisotopic (exact) mass is 404 g/mol. The molecule has 2 N–H and O–H groups in total. The number of carbonyl (C=O) groups excluding carboxylic acids is 2. The van der Waals surface area contributed by atoms with Gasteiger partial charge in [0.2, 0.25) is 5.76 Å². The third kappa shape index (κ3) is 4.15. The van der Waals surface area contributed by atoms with E-state index in [0.717, 1.165) is 0 Å². The summed E-state index contributed by atoms with van der Waals surface area (Å²) in [6, 6.07) is 21.6. The summed E-state index contributed by atoms with van der Waals surface area (Å²) in [5.41, 5.74) is 1.25. The van der Waals surface area contributed by atoms with E-state index in [1.165, 1.54) is 18.2 Å². The Labute approximate surface area is 171 Å². The summed E-state index contributed by atoms with van der Waals surface area (Å²) in [4.78, 5) is 25.2. The number of amides is 2. The summed E-state index contributed by atoms with van der Waals surface area (Å²) in [5, 5.41) is 5.95. The van der Waals surface area contributed by atoms with Gasteiger partial charge >= 0.3 is 0 Å². The van der Waals surface area contributed by atoms with Crippen molar-refractivity contribution in [3.05, 3.63) is 90.4 Å². The number of ether oxygens (including phenoxy) is 1. The van der Waals surface area contributed by atoms with Gasteiger partial charge in [0.05, 0.1) is 0 Å². The molecular weight excluding hydrogens is 387 g/mol. The predicted octanol–water partition coefficient (Wildman–Crippen LogP) is 4.84. The lowest BCUT2D eigenvalue weighted by atomic mass is 10.2. The van der Waals surface area contributed by atoms with Crippen LogP contribution in [0.2, 0.25) is 0 Å². The van der Waals surface area contributed by atoms with Crippen LogP contribution in [0.25, 0.3) is 11.0 Å². The molecule has 7 heteroatoms. The van der Waals surface area contributed by atoms with Gasteiger partial charge in [0.1, 0.15) is 11.3 Å². The van der Waals surface area contributed by atoms with Gasteiger partial charge in [-0.05, 0) is 36.4 Å². The lowest BCUT2D eigenvalue weighted by molar-refractivity contribution is -0.118. The highest BCUT2D eigenvalue weighted by atomic mass is 19.1. The zero-order valence-electron chi connectivity index (χ0n) is 15.7. The van der Waals surface area contributed by atoms with Gasteiger partial charge in [-0.15, -0.1) is 0 Å². The number of para-hydroxylation sites is 3. The smallest absolute Gasteiger partial charge is 0.293 e. The molecule has 0 bridgehead atoms. The lowest BCUT2D eigenvalue weighted by Crippen LogP contribution is -2.22. The number of furan rings is 1. The van der Waals surface area contributed by atoms with Crippen LogP contribution < -0.4 is 15.4 Å². The molecule has 1 heterocycles. The van der Waals surface area contributed by atoms with Crippen LogP contribution >= 0.6 is 0 Å². The standard InChI is InChI=1S/C23H17FN2O4/c24-17-11-5-7-13-19(17)29-14-20(27)26-21-16-10-4-6-12-18(16)30-22(21)23(28)25-15-8-2-1-3-9-15/h1-13H,14H2,(H,25,28)(H,26,27). The van der Waals surface area contributed by atoms with Gasteiger partial charge in [0.25, 0.3) is 11.8 Å². The van der Waals surface area contributed by atoms with Gasteiger partial charge in [-0.25, -0.2) is 4.39 Å². The molecule has 0 aliphatic carbocycles. The second-order valence-electron chi connectivity index (χ2n) is 6.39. The van der Waals surface area contributed by atoms with Gasteiger partial charge in [0, 0.05) is 11.1 Å². The van der Waals surface area contributed by atoms with Crippen molar-refractivity contribution in [3.8, 4) is 5.75 Å². The van der Waals surface area contributed by atoms with Crippen molar-refractivity contribution >= 4 is 34.2 Å². The Morgan fingerprint density at radius 3 is 2.37 bits per heavy atom. The summed E-state index contributed by atoms with van der Waals surface area (Å²) < 4.78 is 24.6. The SMILES string of the molecule is O=C(COc1ccccc1F)Nc1c(C(=O)Nc2ccccc2)oc2ccccc12. The zero-order chi connectivity index (χ0) is 20.9. The molecule has 0 saturated carbocycles. The molecule has 0 radical (unpaired) electrons. The van der Waals surface area contributed by atoms with Crippen molar-refractivity contribution in [2.45, 2.75) is 0 Å². The van der Waals surface area contributed by atoms with E-state index in [-0.39, 0.29) is 17.2 Å². The van der Waals surface area contributed by atoms with Crippen LogP contribution in [0, 0.1) is 5.82 Å². The van der Waals surface area contributed by atoms with E-state index in [9.17, 15) is 14.0 Å². The number of hydrogen-bond acceptors (Lipinski definition) is 4. The fourth-order valence-electron chi connectivity index (χ4n) is 2.92. The summed E-state index contributed by atoms with van der Waals surface area (Å²) in [6.07, 6.45) is 0. The zero-order valence-corrected chi connectivity index (χ0v) is 15.7. The molecular formula is C23H17FN2O4. The van der Waals surface area contributed by atoms with Crippen LogP contribution in [0.15, 0.2) is 83.3 Å². The quantitative estimate of drug-likeness (QED) is 0.482. The Hall–Kier alpha value is -4.13. The first-order valence-corrected chi connectivity index (χ1v) is 9.17. The molecule has 4 aromatic rings. The minimum absolute atomic E-state index is 0.0354. The van der Waals surface area contributed by atoms with Crippen LogP contribution in [0.5, 0.6) is 5.75 Å². The van der Waals surface area contributed by atoms with Gasteiger partial charge in [-0.2, -0.15) is 0 Å². The van der Waals surface area contributed by atoms with Crippen LogP contribution in [0.3, 0.4) is 0 Å². The van der Waals surface area contributed by atoms with Crippen molar-refractivity contribution in [2.24, 2.45) is 0 Å². The predicted molar refractivity (Wildman–Crippen MR) is 111 cm³/mol. The molecule has 0 spiro atoms. The number of nitrogens with one attached hydrogen (secondary N) is 2. The maximum Gasteiger partial charge on any atom is 0.293 e. The molecule has 0 unspecified atom stereocenters. The normalized spacial score (nSPS) is 10.6. The number of fused-ring (bicyclic) bond motifs is 1. The van der Waals surface area contributed by atoms with E-state index in [2.05, 4.69) is 10.6 Å².